The van der Waals surface area contributed by atoms with Gasteiger partial charge in [0.25, 0.3) is 0 Å². The van der Waals surface area contributed by atoms with E-state index in [1.165, 1.54) is 12.1 Å². The number of alkyl halides is 2. The lowest BCUT2D eigenvalue weighted by Gasteiger charge is -2.50. The first kappa shape index (κ1) is 29.4. The van der Waals surface area contributed by atoms with E-state index in [9.17, 15) is 22.0 Å². The summed E-state index contributed by atoms with van der Waals surface area (Å²) in [5.74, 6) is -0.207. The van der Waals surface area contributed by atoms with Crippen molar-refractivity contribution in [2.24, 2.45) is 5.92 Å². The largest absolute Gasteiger partial charge is 0.433 e. The van der Waals surface area contributed by atoms with Crippen LogP contribution in [0.1, 0.15) is 38.7 Å². The number of aryl methyl sites for hydroxylation is 1. The number of carbonyl (C=O) groups is 1. The lowest BCUT2D eigenvalue weighted by Crippen LogP contribution is -2.64. The number of amides is 1. The number of sulfonamides is 1. The molecule has 214 valence electrons. The molecule has 11 heteroatoms. The molecule has 1 unspecified atom stereocenters. The summed E-state index contributed by atoms with van der Waals surface area (Å²) in [5.41, 5.74) is 0.395. The number of benzene rings is 2. The van der Waals surface area contributed by atoms with Crippen LogP contribution in [0.5, 0.6) is 5.75 Å². The fourth-order valence-corrected chi connectivity index (χ4v) is 7.10. The highest BCUT2D eigenvalue weighted by Gasteiger charge is 2.47. The van der Waals surface area contributed by atoms with E-state index in [1.54, 1.807) is 40.7 Å². The number of rotatable bonds is 9. The van der Waals surface area contributed by atoms with Gasteiger partial charge in [-0.3, -0.25) is 9.69 Å². The maximum absolute atomic E-state index is 13.8. The van der Waals surface area contributed by atoms with E-state index in [-0.39, 0.29) is 53.9 Å². The van der Waals surface area contributed by atoms with Gasteiger partial charge in [0.05, 0.1) is 29.3 Å². The molecule has 0 saturated carbocycles. The van der Waals surface area contributed by atoms with Gasteiger partial charge < -0.3 is 14.8 Å². The van der Waals surface area contributed by atoms with Crippen LogP contribution in [0.25, 0.3) is 0 Å². The molecule has 4 rings (SSSR count). The Hall–Kier alpha value is -2.60. The quantitative estimate of drug-likeness (QED) is 0.482. The minimum absolute atomic E-state index is 0.00819. The average Bonchev–Trinajstić information content (AvgIpc) is 2.86. The molecular formula is C28H37F2N3O5S. The van der Waals surface area contributed by atoms with E-state index in [4.69, 9.17) is 4.74 Å². The number of piperidine rings is 1. The average molecular weight is 566 g/mol. The first-order valence-corrected chi connectivity index (χ1v) is 14.7. The second-order valence-corrected chi connectivity index (χ2v) is 12.8. The van der Waals surface area contributed by atoms with Crippen molar-refractivity contribution in [3.8, 4) is 5.75 Å². The summed E-state index contributed by atoms with van der Waals surface area (Å²) in [6.07, 6.45) is 2.07. The fraction of sp³-hybridized carbons (Fsp3) is 0.536. The van der Waals surface area contributed by atoms with Crippen molar-refractivity contribution < 1.29 is 31.5 Å². The Kier molecular flexibility index (Phi) is 9.25. The lowest BCUT2D eigenvalue weighted by molar-refractivity contribution is -0.146. The first-order chi connectivity index (χ1) is 18.5. The van der Waals surface area contributed by atoms with Gasteiger partial charge in [-0.05, 0) is 62.9 Å². The van der Waals surface area contributed by atoms with Gasteiger partial charge in [-0.25, -0.2) is 8.42 Å². The molecule has 2 aromatic carbocycles. The van der Waals surface area contributed by atoms with Crippen LogP contribution in [0.15, 0.2) is 53.4 Å². The number of hydrogen-bond acceptors (Lipinski definition) is 6. The van der Waals surface area contributed by atoms with E-state index in [2.05, 4.69) is 23.9 Å². The Morgan fingerprint density at radius 2 is 1.87 bits per heavy atom. The number of likely N-dealkylation sites (tertiary alicyclic amines) is 1. The van der Waals surface area contributed by atoms with Gasteiger partial charge in [0.15, 0.2) is 0 Å². The molecule has 2 fully saturated rings. The Morgan fingerprint density at radius 3 is 2.56 bits per heavy atom. The second kappa shape index (κ2) is 12.3. The lowest BCUT2D eigenvalue weighted by atomic mass is 9.89. The number of para-hydroxylation sites is 2. The maximum Gasteiger partial charge on any atom is 0.387 e. The van der Waals surface area contributed by atoms with Crippen LogP contribution >= 0.6 is 0 Å². The number of anilines is 1. The van der Waals surface area contributed by atoms with E-state index in [0.29, 0.717) is 25.9 Å². The van der Waals surface area contributed by atoms with Gasteiger partial charge in [0.1, 0.15) is 5.75 Å². The fourth-order valence-electron chi connectivity index (χ4n) is 5.41. The molecule has 1 N–H and O–H groups in total. The number of carbonyl (C=O) groups excluding carboxylic acids is 1. The molecule has 0 aromatic heterocycles. The molecule has 0 radical (unpaired) electrons. The summed E-state index contributed by atoms with van der Waals surface area (Å²) in [6.45, 7) is 4.53. The Bertz CT molecular complexity index is 1240. The third-order valence-corrected chi connectivity index (χ3v) is 9.08. The Balaban J connectivity index is 1.49. The molecular weight excluding hydrogens is 528 g/mol. The molecule has 1 amide bonds. The van der Waals surface area contributed by atoms with Crippen molar-refractivity contribution in [1.29, 1.82) is 0 Å². The Morgan fingerprint density at radius 1 is 1.15 bits per heavy atom. The zero-order valence-electron chi connectivity index (χ0n) is 22.6. The smallest absolute Gasteiger partial charge is 0.387 e. The van der Waals surface area contributed by atoms with Crippen LogP contribution in [0.3, 0.4) is 0 Å². The third kappa shape index (κ3) is 7.33. The molecule has 1 spiro atoms. The van der Waals surface area contributed by atoms with E-state index < -0.39 is 22.2 Å². The third-order valence-electron chi connectivity index (χ3n) is 7.17. The summed E-state index contributed by atoms with van der Waals surface area (Å²) in [4.78, 5) is 15.0. The molecule has 2 aliphatic heterocycles. The van der Waals surface area contributed by atoms with Gasteiger partial charge >= 0.3 is 6.61 Å². The zero-order valence-corrected chi connectivity index (χ0v) is 23.4. The van der Waals surface area contributed by atoms with E-state index in [1.807, 2.05) is 11.8 Å². The summed E-state index contributed by atoms with van der Waals surface area (Å²) < 4.78 is 65.6. The predicted octanol–water partition coefficient (Wildman–Crippen LogP) is 4.51. The maximum atomic E-state index is 13.8. The number of ether oxygens (including phenoxy) is 2. The molecule has 2 aromatic rings. The molecule has 8 nitrogen and oxygen atoms in total. The molecule has 0 aliphatic carbocycles. The van der Waals surface area contributed by atoms with Crippen molar-refractivity contribution in [2.45, 2.75) is 63.2 Å². The summed E-state index contributed by atoms with van der Waals surface area (Å²) in [7, 11) is -3.76. The first-order valence-electron chi connectivity index (χ1n) is 13.3. The van der Waals surface area contributed by atoms with Gasteiger partial charge in [0.2, 0.25) is 15.9 Å². The monoisotopic (exact) mass is 565 g/mol. The molecule has 2 saturated heterocycles. The van der Waals surface area contributed by atoms with Crippen LogP contribution < -0.4 is 10.1 Å². The summed E-state index contributed by atoms with van der Waals surface area (Å²) >= 11 is 0. The van der Waals surface area contributed by atoms with Crippen LogP contribution in [0.4, 0.5) is 14.5 Å². The van der Waals surface area contributed by atoms with E-state index in [0.717, 1.165) is 12.0 Å². The van der Waals surface area contributed by atoms with E-state index >= 15 is 0 Å². The number of nitrogens with one attached hydrogen (secondary N) is 1. The number of hydrogen-bond donors (Lipinski definition) is 1. The SMILES string of the molecule is Cc1ccc(S(=O)(=O)N2CC3(CCCN(CC(=O)Nc4ccccc4OC(F)F)C3)OC[C@@H]2CC(C)C)cc1. The van der Waals surface area contributed by atoms with Crippen LogP contribution in [0.2, 0.25) is 0 Å². The van der Waals surface area contributed by atoms with Crippen LogP contribution in [-0.4, -0.2) is 74.6 Å². The zero-order chi connectivity index (χ0) is 28.2. The highest BCUT2D eigenvalue weighted by molar-refractivity contribution is 7.89. The predicted molar refractivity (Wildman–Crippen MR) is 144 cm³/mol. The van der Waals surface area contributed by atoms with Gasteiger partial charge in [-0.2, -0.15) is 13.1 Å². The second-order valence-electron chi connectivity index (χ2n) is 10.9. The van der Waals surface area contributed by atoms with Crippen molar-refractivity contribution in [3.63, 3.8) is 0 Å². The molecule has 2 aliphatic rings. The van der Waals surface area contributed by atoms with Crippen LogP contribution in [0, 0.1) is 12.8 Å². The van der Waals surface area contributed by atoms with Gasteiger partial charge in [0, 0.05) is 19.1 Å². The van der Waals surface area contributed by atoms with Gasteiger partial charge in [-0.1, -0.05) is 43.7 Å². The van der Waals surface area contributed by atoms with Crippen LogP contribution in [-0.2, 0) is 19.6 Å². The molecule has 0 bridgehead atoms. The Labute approximate surface area is 229 Å². The van der Waals surface area contributed by atoms with Crippen molar-refractivity contribution in [3.05, 3.63) is 54.1 Å². The number of morpholine rings is 1. The van der Waals surface area contributed by atoms with Gasteiger partial charge in [-0.15, -0.1) is 0 Å². The molecule has 2 heterocycles. The standard InChI is InChI=1S/C28H37F2N3O5S/c1-20(2)15-22-17-37-28(19-33(22)39(35,36)23-11-9-21(3)10-12-23)13-6-14-32(18-28)16-26(34)31-24-7-4-5-8-25(24)38-27(29)30/h4-5,7-12,20,22,27H,6,13-19H2,1-3H3,(H,31,34)/t22-,28?/m0/s1. The van der Waals surface area contributed by atoms with Crippen molar-refractivity contribution >= 4 is 21.6 Å². The minimum atomic E-state index is -3.76. The minimum Gasteiger partial charge on any atom is -0.433 e. The normalized spacial score (nSPS) is 22.9. The highest BCUT2D eigenvalue weighted by atomic mass is 32.2. The molecule has 39 heavy (non-hydrogen) atoms. The summed E-state index contributed by atoms with van der Waals surface area (Å²) in [6, 6.07) is 12.6. The topological polar surface area (TPSA) is 88.2 Å². The number of halogens is 2. The number of nitrogens with zero attached hydrogens (tertiary/aromatic N) is 2. The van der Waals surface area contributed by atoms with Crippen molar-refractivity contribution in [2.75, 3.05) is 38.1 Å². The summed E-state index contributed by atoms with van der Waals surface area (Å²) in [5, 5.41) is 2.66. The highest BCUT2D eigenvalue weighted by Crippen LogP contribution is 2.35. The molecule has 2 atom stereocenters. The van der Waals surface area contributed by atoms with Crippen molar-refractivity contribution in [1.82, 2.24) is 9.21 Å².